The molecule has 0 aromatic heterocycles. The third-order valence-electron chi connectivity index (χ3n) is 9.99. The van der Waals surface area contributed by atoms with Crippen LogP contribution < -0.4 is 33.8 Å². The predicted octanol–water partition coefficient (Wildman–Crippen LogP) is 7.76. The van der Waals surface area contributed by atoms with Gasteiger partial charge in [-0.2, -0.15) is 0 Å². The molecule has 1 N–H and O–H groups in total. The van der Waals surface area contributed by atoms with Gasteiger partial charge in [-0.25, -0.2) is 9.59 Å². The van der Waals surface area contributed by atoms with Crippen LogP contribution >= 0.6 is 0 Å². The van der Waals surface area contributed by atoms with Gasteiger partial charge in [-0.05, 0) is 88.5 Å². The molecule has 16 nitrogen and oxygen atoms in total. The Balaban J connectivity index is 1.04. The van der Waals surface area contributed by atoms with Crippen LogP contribution in [0.1, 0.15) is 27.8 Å². The summed E-state index contributed by atoms with van der Waals surface area (Å²) in [6.07, 6.45) is -0.946. The number of ether oxygens (including phenoxy) is 10. The second kappa shape index (κ2) is 28.3. The number of hydrogen-bond acceptors (Lipinski definition) is 14. The molecule has 0 saturated carbocycles. The van der Waals surface area contributed by atoms with Crippen molar-refractivity contribution in [1.29, 1.82) is 0 Å². The summed E-state index contributed by atoms with van der Waals surface area (Å²) in [6, 6.07) is 36.0. The maximum atomic E-state index is 13.3. The first-order valence-corrected chi connectivity index (χ1v) is 22.0. The highest BCUT2D eigenvalue weighted by molar-refractivity contribution is 5.68. The normalized spacial score (nSPS) is 10.9. The number of amides is 2. The summed E-state index contributed by atoms with van der Waals surface area (Å²) in [4.78, 5) is 29.9. The van der Waals surface area contributed by atoms with Gasteiger partial charge in [-0.15, -0.1) is 0 Å². The van der Waals surface area contributed by atoms with Crippen LogP contribution in [0.3, 0.4) is 0 Å². The molecule has 67 heavy (non-hydrogen) atoms. The fourth-order valence-electron chi connectivity index (χ4n) is 6.68. The van der Waals surface area contributed by atoms with Crippen molar-refractivity contribution >= 4 is 12.2 Å². The molecular formula is C51H64N4O12. The number of hydrogen-bond donors (Lipinski definition) is 1. The van der Waals surface area contributed by atoms with Crippen LogP contribution in [0.25, 0.3) is 0 Å². The zero-order valence-electron chi connectivity index (χ0n) is 39.4. The number of carbonyl (C=O) groups excluding carboxylic acids is 2. The lowest BCUT2D eigenvalue weighted by molar-refractivity contribution is 0.0420. The molecule has 0 heterocycles. The molecule has 0 aliphatic rings. The van der Waals surface area contributed by atoms with Crippen molar-refractivity contribution in [1.82, 2.24) is 20.2 Å². The highest BCUT2D eigenvalue weighted by atomic mass is 16.6. The van der Waals surface area contributed by atoms with Crippen molar-refractivity contribution in [2.75, 3.05) is 95.4 Å². The number of hydrazine groups is 1. The number of benzene rings is 5. The molecule has 0 spiro atoms. The Morgan fingerprint density at radius 2 is 0.746 bits per heavy atom. The van der Waals surface area contributed by atoms with E-state index < -0.39 is 12.2 Å². The predicted molar refractivity (Wildman–Crippen MR) is 253 cm³/mol. The topological polar surface area (TPSA) is 148 Å². The van der Waals surface area contributed by atoms with Gasteiger partial charge in [0.2, 0.25) is 0 Å². The Morgan fingerprint density at radius 1 is 0.418 bits per heavy atom. The molecule has 16 heteroatoms. The summed E-state index contributed by atoms with van der Waals surface area (Å²) in [5, 5.41) is 1.86. The van der Waals surface area contributed by atoms with E-state index in [9.17, 15) is 9.59 Å². The van der Waals surface area contributed by atoms with E-state index in [0.29, 0.717) is 67.2 Å². The number of methoxy groups -OCH3 is 4. The Kier molecular flexibility index (Phi) is 21.7. The third-order valence-corrected chi connectivity index (χ3v) is 9.99. The molecule has 0 atom stereocenters. The van der Waals surface area contributed by atoms with E-state index in [-0.39, 0.29) is 52.9 Å². The largest absolute Gasteiger partial charge is 0.497 e. The molecule has 5 rings (SSSR count). The lowest BCUT2D eigenvalue weighted by atomic mass is 10.1. The second-order valence-electron chi connectivity index (χ2n) is 15.3. The summed E-state index contributed by atoms with van der Waals surface area (Å²) >= 11 is 0. The standard InChI is InChI=1S/C51H64N4O12/c1-53(2)52-34-43-31-48(64-23-19-62-21-25-66-50(56)54(35-39-11-7-15-44(27-39)58-3)36-40-12-8-16-45(28-40)59-4)33-49(32-43)65-24-20-63-22-26-67-51(57)55(37-41-13-9-17-46(29-41)60-5)38-42-14-10-18-47(30-42)61-6/h7-18,27-33,52H,19-26,34-38H2,1-6H3. The number of rotatable bonds is 29. The van der Waals surface area contributed by atoms with Crippen molar-refractivity contribution in [3.8, 4) is 34.5 Å². The van der Waals surface area contributed by atoms with E-state index >= 15 is 0 Å². The summed E-state index contributed by atoms with van der Waals surface area (Å²) in [6.45, 7) is 3.37. The van der Waals surface area contributed by atoms with Gasteiger partial charge in [0.25, 0.3) is 0 Å². The molecule has 0 aliphatic heterocycles. The van der Waals surface area contributed by atoms with Crippen LogP contribution in [0.2, 0.25) is 0 Å². The van der Waals surface area contributed by atoms with E-state index in [2.05, 4.69) is 5.43 Å². The molecular weight excluding hydrogens is 861 g/mol. The van der Waals surface area contributed by atoms with Crippen LogP contribution in [0.15, 0.2) is 115 Å². The average Bonchev–Trinajstić information content (AvgIpc) is 3.34. The average molecular weight is 925 g/mol. The van der Waals surface area contributed by atoms with Crippen molar-refractivity contribution in [2.24, 2.45) is 0 Å². The molecule has 0 unspecified atom stereocenters. The Morgan fingerprint density at radius 3 is 1.07 bits per heavy atom. The van der Waals surface area contributed by atoms with Crippen molar-refractivity contribution in [2.45, 2.75) is 32.7 Å². The maximum absolute atomic E-state index is 13.3. The summed E-state index contributed by atoms with van der Waals surface area (Å²) < 4.78 is 56.4. The van der Waals surface area contributed by atoms with Gasteiger partial charge in [-0.3, -0.25) is 20.2 Å². The SMILES string of the molecule is COc1cccc(CN(Cc2cccc(OC)c2)C(=O)OCCOCCOc2cc(CNN(C)C)cc(OCCOCCOC(=O)N(Cc3cccc(OC)c3)Cc3cccc(OC)c3)c2)c1. The lowest BCUT2D eigenvalue weighted by Gasteiger charge is -2.23. The van der Waals surface area contributed by atoms with E-state index in [4.69, 9.17) is 47.4 Å². The Hall–Kier alpha value is -6.72. The van der Waals surface area contributed by atoms with E-state index in [1.165, 1.54) is 0 Å². The van der Waals surface area contributed by atoms with Gasteiger partial charge >= 0.3 is 12.2 Å². The number of carbonyl (C=O) groups is 2. The highest BCUT2D eigenvalue weighted by Crippen LogP contribution is 2.24. The van der Waals surface area contributed by atoms with Gasteiger partial charge in [0, 0.05) is 52.9 Å². The number of nitrogens with zero attached hydrogens (tertiary/aromatic N) is 3. The van der Waals surface area contributed by atoms with E-state index in [0.717, 1.165) is 27.8 Å². The summed E-state index contributed by atoms with van der Waals surface area (Å²) in [7, 11) is 10.3. The monoisotopic (exact) mass is 924 g/mol. The Labute approximate surface area is 394 Å². The van der Waals surface area contributed by atoms with Crippen LogP contribution in [-0.2, 0) is 51.7 Å². The van der Waals surface area contributed by atoms with E-state index in [1.54, 1.807) is 44.3 Å². The summed E-state index contributed by atoms with van der Waals surface area (Å²) in [5.41, 5.74) is 7.82. The fraction of sp³-hybridized carbons (Fsp3) is 0.373. The van der Waals surface area contributed by atoms with Crippen LogP contribution in [0, 0.1) is 0 Å². The molecule has 0 radical (unpaired) electrons. The zero-order chi connectivity index (χ0) is 47.6. The molecule has 2 amide bonds. The van der Waals surface area contributed by atoms with Crippen LogP contribution in [-0.4, -0.2) is 122 Å². The zero-order valence-corrected chi connectivity index (χ0v) is 39.4. The van der Waals surface area contributed by atoms with Gasteiger partial charge in [0.05, 0.1) is 54.9 Å². The van der Waals surface area contributed by atoms with Gasteiger partial charge < -0.3 is 47.4 Å². The maximum Gasteiger partial charge on any atom is 0.410 e. The van der Waals surface area contributed by atoms with E-state index in [1.807, 2.05) is 128 Å². The summed E-state index contributed by atoms with van der Waals surface area (Å²) in [5.74, 6) is 4.02. The van der Waals surface area contributed by atoms with Crippen molar-refractivity contribution < 1.29 is 57.0 Å². The second-order valence-corrected chi connectivity index (χ2v) is 15.3. The highest BCUT2D eigenvalue weighted by Gasteiger charge is 2.19. The molecule has 0 saturated heterocycles. The van der Waals surface area contributed by atoms with Crippen molar-refractivity contribution in [3.05, 3.63) is 143 Å². The smallest absolute Gasteiger partial charge is 0.410 e. The molecule has 0 fully saturated rings. The molecule has 5 aromatic carbocycles. The Bertz CT molecular complexity index is 2010. The quantitative estimate of drug-likeness (QED) is 0.0368. The first-order valence-electron chi connectivity index (χ1n) is 22.0. The molecule has 5 aromatic rings. The molecule has 0 aliphatic carbocycles. The van der Waals surface area contributed by atoms with Gasteiger partial charge in [-0.1, -0.05) is 48.5 Å². The molecule has 0 bridgehead atoms. The molecule has 360 valence electrons. The van der Waals surface area contributed by atoms with Crippen LogP contribution in [0.5, 0.6) is 34.5 Å². The minimum atomic E-state index is -0.473. The number of nitrogens with one attached hydrogen (secondary N) is 1. The van der Waals surface area contributed by atoms with Crippen LogP contribution in [0.4, 0.5) is 9.59 Å². The van der Waals surface area contributed by atoms with Gasteiger partial charge in [0.15, 0.2) is 0 Å². The lowest BCUT2D eigenvalue weighted by Crippen LogP contribution is -2.31. The first-order chi connectivity index (χ1) is 32.6. The first kappa shape index (κ1) is 51.3. The minimum Gasteiger partial charge on any atom is -0.497 e. The van der Waals surface area contributed by atoms with Crippen molar-refractivity contribution in [3.63, 3.8) is 0 Å². The minimum absolute atomic E-state index is 0.0622. The third kappa shape index (κ3) is 18.6. The fourth-order valence-corrected chi connectivity index (χ4v) is 6.68. The van der Waals surface area contributed by atoms with Gasteiger partial charge in [0.1, 0.15) is 60.9 Å².